The minimum Gasteiger partial charge on any atom is -0.295 e. The molecule has 3 heteroatoms. The van der Waals surface area contributed by atoms with Gasteiger partial charge < -0.3 is 0 Å². The third-order valence-electron chi connectivity index (χ3n) is 2.16. The van der Waals surface area contributed by atoms with Crippen molar-refractivity contribution in [2.24, 2.45) is 0 Å². The van der Waals surface area contributed by atoms with Crippen LogP contribution in [0.5, 0.6) is 0 Å². The minimum absolute atomic E-state index is 0.709. The van der Waals surface area contributed by atoms with Gasteiger partial charge in [0.15, 0.2) is 0 Å². The smallest absolute Gasteiger partial charge is 0.0201 e. The molecule has 1 rings (SSSR count). The second-order valence-corrected chi connectivity index (χ2v) is 4.77. The van der Waals surface area contributed by atoms with Crippen LogP contribution in [0.2, 0.25) is 0 Å². The number of nitrogens with zero attached hydrogens (tertiary/aromatic N) is 1. The van der Waals surface area contributed by atoms with Gasteiger partial charge in [-0.1, -0.05) is 12.2 Å². The van der Waals surface area contributed by atoms with Crippen molar-refractivity contribution in [3.63, 3.8) is 0 Å². The molecule has 1 heterocycles. The molecule has 0 aromatic carbocycles. The van der Waals surface area contributed by atoms with E-state index < -0.39 is 0 Å². The zero-order valence-electron chi connectivity index (χ0n) is 7.62. The molecule has 1 atom stereocenters. The van der Waals surface area contributed by atoms with Crippen molar-refractivity contribution < 1.29 is 0 Å². The van der Waals surface area contributed by atoms with Crippen molar-refractivity contribution in [3.8, 4) is 0 Å². The molecule has 1 aliphatic rings. The Morgan fingerprint density at radius 2 is 2.50 bits per heavy atom. The first-order valence-corrected chi connectivity index (χ1v) is 6.12. The van der Waals surface area contributed by atoms with E-state index in [1.54, 1.807) is 0 Å². The molecule has 0 aromatic rings. The quantitative estimate of drug-likeness (QED) is 0.551. The number of thioether (sulfide) groups is 1. The van der Waals surface area contributed by atoms with Crippen molar-refractivity contribution in [1.82, 2.24) is 4.90 Å². The first-order valence-electron chi connectivity index (χ1n) is 4.33. The van der Waals surface area contributed by atoms with Gasteiger partial charge in [-0.15, -0.1) is 0 Å². The molecule has 0 N–H and O–H groups in total. The van der Waals surface area contributed by atoms with Gasteiger partial charge in [-0.2, -0.15) is 24.4 Å². The predicted molar refractivity (Wildman–Crippen MR) is 61.4 cm³/mol. The van der Waals surface area contributed by atoms with Gasteiger partial charge in [0.25, 0.3) is 0 Å². The van der Waals surface area contributed by atoms with E-state index in [2.05, 4.69) is 42.8 Å². The molecule has 70 valence electrons. The first-order chi connectivity index (χ1) is 5.74. The van der Waals surface area contributed by atoms with Crippen molar-refractivity contribution in [2.45, 2.75) is 13.0 Å². The van der Waals surface area contributed by atoms with E-state index in [-0.39, 0.29) is 0 Å². The summed E-state index contributed by atoms with van der Waals surface area (Å²) in [6, 6.07) is 0.709. The van der Waals surface area contributed by atoms with Crippen LogP contribution in [0.25, 0.3) is 0 Å². The van der Waals surface area contributed by atoms with Gasteiger partial charge >= 0.3 is 0 Å². The molecule has 12 heavy (non-hydrogen) atoms. The molecule has 0 bridgehead atoms. The summed E-state index contributed by atoms with van der Waals surface area (Å²) >= 11 is 6.26. The van der Waals surface area contributed by atoms with Crippen LogP contribution in [0.15, 0.2) is 12.2 Å². The fourth-order valence-electron chi connectivity index (χ4n) is 1.33. The van der Waals surface area contributed by atoms with Gasteiger partial charge in [0.05, 0.1) is 0 Å². The maximum absolute atomic E-state index is 4.21. The second-order valence-electron chi connectivity index (χ2n) is 3.30. The monoisotopic (exact) mass is 203 g/mol. The summed E-state index contributed by atoms with van der Waals surface area (Å²) in [5, 5.41) is 0. The molecule has 0 spiro atoms. The minimum atomic E-state index is 0.709. The van der Waals surface area contributed by atoms with Crippen LogP contribution in [0.4, 0.5) is 0 Å². The van der Waals surface area contributed by atoms with E-state index in [0.29, 0.717) is 6.04 Å². The van der Waals surface area contributed by atoms with Gasteiger partial charge in [0, 0.05) is 36.4 Å². The highest BCUT2D eigenvalue weighted by Gasteiger charge is 2.18. The summed E-state index contributed by atoms with van der Waals surface area (Å²) in [6.45, 7) is 8.51. The molecule has 1 unspecified atom stereocenters. The predicted octanol–water partition coefficient (Wildman–Crippen LogP) is 1.91. The molecule has 0 radical (unpaired) electrons. The van der Waals surface area contributed by atoms with Crippen LogP contribution in [-0.4, -0.2) is 41.3 Å². The van der Waals surface area contributed by atoms with Gasteiger partial charge in [0.1, 0.15) is 0 Å². The zero-order chi connectivity index (χ0) is 8.97. The number of thiol groups is 1. The standard InChI is InChI=1S/C9H17NS2/c1-8(6-11)5-10-3-4-12-7-9(10)2/h9,11H,1,3-7H2,2H3. The number of hydrogen-bond donors (Lipinski definition) is 1. The van der Waals surface area contributed by atoms with Gasteiger partial charge in [-0.05, 0) is 6.92 Å². The largest absolute Gasteiger partial charge is 0.295 e. The van der Waals surface area contributed by atoms with Gasteiger partial charge in [0.2, 0.25) is 0 Å². The molecule has 0 aliphatic carbocycles. The summed E-state index contributed by atoms with van der Waals surface area (Å²) < 4.78 is 0. The molecule has 0 aromatic heterocycles. The lowest BCUT2D eigenvalue weighted by Gasteiger charge is -2.33. The third kappa shape index (κ3) is 3.04. The fraction of sp³-hybridized carbons (Fsp3) is 0.778. The van der Waals surface area contributed by atoms with E-state index >= 15 is 0 Å². The third-order valence-corrected chi connectivity index (χ3v) is 3.79. The van der Waals surface area contributed by atoms with Crippen molar-refractivity contribution in [3.05, 3.63) is 12.2 Å². The maximum Gasteiger partial charge on any atom is 0.0201 e. The lowest BCUT2D eigenvalue weighted by Crippen LogP contribution is -2.41. The summed E-state index contributed by atoms with van der Waals surface area (Å²) in [6.07, 6.45) is 0. The van der Waals surface area contributed by atoms with Crippen LogP contribution in [-0.2, 0) is 0 Å². The SMILES string of the molecule is C=C(CS)CN1CCSCC1C. The Labute approximate surface area is 85.0 Å². The zero-order valence-corrected chi connectivity index (χ0v) is 9.33. The van der Waals surface area contributed by atoms with Crippen LogP contribution in [0.1, 0.15) is 6.92 Å². The van der Waals surface area contributed by atoms with Crippen molar-refractivity contribution >= 4 is 24.4 Å². The van der Waals surface area contributed by atoms with E-state index in [4.69, 9.17) is 0 Å². The Kier molecular flexibility index (Phi) is 4.54. The maximum atomic E-state index is 4.21. The van der Waals surface area contributed by atoms with Gasteiger partial charge in [-0.25, -0.2) is 0 Å². The van der Waals surface area contributed by atoms with E-state index in [1.165, 1.54) is 23.6 Å². The fourth-order valence-corrected chi connectivity index (χ4v) is 2.52. The molecule has 0 saturated carbocycles. The number of rotatable bonds is 3. The van der Waals surface area contributed by atoms with Crippen LogP contribution >= 0.6 is 24.4 Å². The highest BCUT2D eigenvalue weighted by molar-refractivity contribution is 7.99. The van der Waals surface area contributed by atoms with Gasteiger partial charge in [-0.3, -0.25) is 4.90 Å². The van der Waals surface area contributed by atoms with Crippen molar-refractivity contribution in [1.29, 1.82) is 0 Å². The van der Waals surface area contributed by atoms with Crippen LogP contribution in [0, 0.1) is 0 Å². The Morgan fingerprint density at radius 1 is 1.75 bits per heavy atom. The number of hydrogen-bond acceptors (Lipinski definition) is 3. The molecule has 1 aliphatic heterocycles. The lowest BCUT2D eigenvalue weighted by molar-refractivity contribution is 0.253. The topological polar surface area (TPSA) is 3.24 Å². The lowest BCUT2D eigenvalue weighted by atomic mass is 10.2. The molecule has 1 saturated heterocycles. The van der Waals surface area contributed by atoms with E-state index in [9.17, 15) is 0 Å². The Morgan fingerprint density at radius 3 is 3.08 bits per heavy atom. The average Bonchev–Trinajstić information content (AvgIpc) is 2.09. The Balaban J connectivity index is 2.33. The Bertz CT molecular complexity index is 159. The average molecular weight is 203 g/mol. The van der Waals surface area contributed by atoms with Crippen LogP contribution in [0.3, 0.4) is 0 Å². The first kappa shape index (κ1) is 10.5. The molecular formula is C9H17NS2. The highest BCUT2D eigenvalue weighted by atomic mass is 32.2. The Hall–Kier alpha value is 0.400. The summed E-state index contributed by atoms with van der Waals surface area (Å²) in [5.41, 5.74) is 1.23. The van der Waals surface area contributed by atoms with E-state index in [0.717, 1.165) is 12.3 Å². The highest BCUT2D eigenvalue weighted by Crippen LogP contribution is 2.16. The summed E-state index contributed by atoms with van der Waals surface area (Å²) in [5.74, 6) is 3.35. The molecule has 1 nitrogen and oxygen atoms in total. The normalized spacial score (nSPS) is 25.7. The summed E-state index contributed by atoms with van der Waals surface area (Å²) in [4.78, 5) is 2.50. The van der Waals surface area contributed by atoms with Crippen LogP contribution < -0.4 is 0 Å². The summed E-state index contributed by atoms with van der Waals surface area (Å²) in [7, 11) is 0. The van der Waals surface area contributed by atoms with Crippen molar-refractivity contribution in [2.75, 3.05) is 30.3 Å². The molecule has 0 amide bonds. The molecular weight excluding hydrogens is 186 g/mol. The molecule has 1 fully saturated rings. The second kappa shape index (κ2) is 5.20. The van der Waals surface area contributed by atoms with E-state index in [1.807, 2.05) is 0 Å².